The van der Waals surface area contributed by atoms with E-state index in [0.29, 0.717) is 0 Å². The number of carboxylic acid groups (broad SMARTS) is 1. The first-order valence-electron chi connectivity index (χ1n) is 7.94. The number of rotatable bonds is 5. The summed E-state index contributed by atoms with van der Waals surface area (Å²) < 4.78 is 55.4. The molecule has 0 radical (unpaired) electrons. The lowest BCUT2D eigenvalue weighted by molar-refractivity contribution is 0.0690. The Hall–Kier alpha value is -2.36. The third-order valence-corrected chi connectivity index (χ3v) is 7.05. The maximum absolute atomic E-state index is 14.6. The van der Waals surface area contributed by atoms with Gasteiger partial charge in [-0.1, -0.05) is 11.6 Å². The molecule has 1 heterocycles. The third-order valence-electron chi connectivity index (χ3n) is 4.08. The number of halogens is 4. The van der Waals surface area contributed by atoms with Gasteiger partial charge in [0.2, 0.25) is 0 Å². The van der Waals surface area contributed by atoms with Crippen molar-refractivity contribution in [2.24, 2.45) is 0 Å². The Bertz CT molecular complexity index is 1200. The molecule has 0 aliphatic rings. The van der Waals surface area contributed by atoms with E-state index in [1.807, 2.05) is 0 Å². The first-order chi connectivity index (χ1) is 13.6. The van der Waals surface area contributed by atoms with Crippen LogP contribution in [-0.4, -0.2) is 24.5 Å². The maximum Gasteiger partial charge on any atom is 0.354 e. The van der Waals surface area contributed by atoms with Gasteiger partial charge in [0.25, 0.3) is 0 Å². The summed E-state index contributed by atoms with van der Waals surface area (Å²) in [7, 11) is -4.34. The van der Waals surface area contributed by atoms with Crippen molar-refractivity contribution in [3.63, 3.8) is 0 Å². The monoisotopic (exact) mass is 501 g/mol. The van der Waals surface area contributed by atoms with Crippen LogP contribution in [0, 0.1) is 11.6 Å². The summed E-state index contributed by atoms with van der Waals surface area (Å²) in [6.07, 6.45) is 1.10. The van der Waals surface area contributed by atoms with Crippen molar-refractivity contribution in [3.05, 3.63) is 92.7 Å². The second kappa shape index (κ2) is 8.17. The average Bonchev–Trinajstić information content (AvgIpc) is 2.66. The Balaban J connectivity index is 2.34. The summed E-state index contributed by atoms with van der Waals surface area (Å²) in [6, 6.07) is 8.59. The van der Waals surface area contributed by atoms with Gasteiger partial charge in [-0.2, -0.15) is 0 Å². The average molecular weight is 503 g/mol. The lowest BCUT2D eigenvalue weighted by Gasteiger charge is -2.21. The largest absolute Gasteiger partial charge is 0.477 e. The lowest BCUT2D eigenvalue weighted by atomic mass is 10.0. The van der Waals surface area contributed by atoms with Gasteiger partial charge < -0.3 is 5.11 Å². The van der Waals surface area contributed by atoms with Gasteiger partial charge in [0.05, 0.1) is 4.90 Å². The molecule has 0 saturated heterocycles. The number of carboxylic acids is 1. The van der Waals surface area contributed by atoms with Crippen LogP contribution in [0.15, 0.2) is 64.1 Å². The van der Waals surface area contributed by atoms with Crippen molar-refractivity contribution in [1.82, 2.24) is 4.98 Å². The zero-order valence-electron chi connectivity index (χ0n) is 14.3. The molecule has 0 fully saturated rings. The molecular formula is C19H11BrClF2NO4S. The van der Waals surface area contributed by atoms with Crippen LogP contribution < -0.4 is 0 Å². The highest BCUT2D eigenvalue weighted by Crippen LogP contribution is 2.40. The second-order valence-corrected chi connectivity index (χ2v) is 9.26. The van der Waals surface area contributed by atoms with Crippen LogP contribution >= 0.6 is 27.5 Å². The fourth-order valence-electron chi connectivity index (χ4n) is 2.75. The van der Waals surface area contributed by atoms with E-state index in [2.05, 4.69) is 20.9 Å². The van der Waals surface area contributed by atoms with Crippen molar-refractivity contribution >= 4 is 43.3 Å². The minimum absolute atomic E-state index is 0.100. The fraction of sp³-hybridized carbons (Fsp3) is 0.0526. The molecule has 0 spiro atoms. The van der Waals surface area contributed by atoms with Gasteiger partial charge >= 0.3 is 5.97 Å². The molecule has 150 valence electrons. The van der Waals surface area contributed by atoms with Crippen LogP contribution in [0.25, 0.3) is 0 Å². The minimum atomic E-state index is -4.34. The highest BCUT2D eigenvalue weighted by molar-refractivity contribution is 9.10. The number of hydrogen-bond acceptors (Lipinski definition) is 4. The third kappa shape index (κ3) is 4.31. The number of hydrogen-bond donors (Lipinski definition) is 1. The molecule has 3 aromatic rings. The smallest absolute Gasteiger partial charge is 0.354 e. The lowest BCUT2D eigenvalue weighted by Crippen LogP contribution is -2.18. The molecule has 2 aromatic carbocycles. The molecule has 3 rings (SSSR count). The van der Waals surface area contributed by atoms with Crippen molar-refractivity contribution < 1.29 is 27.1 Å². The number of sulfone groups is 1. The van der Waals surface area contributed by atoms with E-state index in [0.717, 1.165) is 30.5 Å². The van der Waals surface area contributed by atoms with E-state index in [-0.39, 0.29) is 20.0 Å². The standard InChI is InChI=1S/C19H11BrClF2NO4S/c20-15-9-24-17(19(25)26)8-13(15)18(14-7-11(22)3-6-16(14)23)29(27,28)12-4-1-10(21)2-5-12/h1-9,18H,(H,25,26). The number of nitrogens with zero attached hydrogens (tertiary/aromatic N) is 1. The van der Waals surface area contributed by atoms with Gasteiger partial charge in [0.15, 0.2) is 9.84 Å². The molecule has 1 aromatic heterocycles. The molecule has 0 aliphatic heterocycles. The molecule has 1 unspecified atom stereocenters. The Labute approximate surface area is 178 Å². The van der Waals surface area contributed by atoms with Crippen molar-refractivity contribution in [2.45, 2.75) is 10.1 Å². The fourth-order valence-corrected chi connectivity index (χ4v) is 5.30. The van der Waals surface area contributed by atoms with Crippen molar-refractivity contribution in [1.29, 1.82) is 0 Å². The summed E-state index contributed by atoms with van der Waals surface area (Å²) in [5.41, 5.74) is -1.02. The van der Waals surface area contributed by atoms with Gasteiger partial charge in [-0.25, -0.2) is 27.0 Å². The van der Waals surface area contributed by atoms with Crippen LogP contribution in [0.4, 0.5) is 8.78 Å². The molecular weight excluding hydrogens is 492 g/mol. The molecule has 5 nitrogen and oxygen atoms in total. The highest BCUT2D eigenvalue weighted by Gasteiger charge is 2.35. The second-order valence-electron chi connectivity index (χ2n) is 5.94. The van der Waals surface area contributed by atoms with Gasteiger partial charge in [-0.05, 0) is 70.0 Å². The molecule has 0 aliphatic carbocycles. The topological polar surface area (TPSA) is 84.3 Å². The summed E-state index contributed by atoms with van der Waals surface area (Å²) >= 11 is 8.96. The van der Waals surface area contributed by atoms with Crippen LogP contribution in [0.2, 0.25) is 5.02 Å². The maximum atomic E-state index is 14.6. The van der Waals surface area contributed by atoms with Crippen LogP contribution in [0.1, 0.15) is 26.9 Å². The number of benzene rings is 2. The molecule has 0 amide bonds. The Morgan fingerprint density at radius 1 is 1.07 bits per heavy atom. The van der Waals surface area contributed by atoms with E-state index in [4.69, 9.17) is 11.6 Å². The SMILES string of the molecule is O=C(O)c1cc(C(c2cc(F)ccc2F)S(=O)(=O)c2ccc(Cl)cc2)c(Br)cn1. The predicted molar refractivity (Wildman–Crippen MR) is 106 cm³/mol. The number of carbonyl (C=O) groups is 1. The molecule has 10 heteroatoms. The van der Waals surface area contributed by atoms with E-state index in [1.54, 1.807) is 0 Å². The van der Waals surface area contributed by atoms with Crippen molar-refractivity contribution in [2.75, 3.05) is 0 Å². The first-order valence-corrected chi connectivity index (χ1v) is 10.7. The molecule has 29 heavy (non-hydrogen) atoms. The Kier molecular flexibility index (Phi) is 6.02. The van der Waals surface area contributed by atoms with Gasteiger partial charge in [0, 0.05) is 21.3 Å². The van der Waals surface area contributed by atoms with Gasteiger partial charge in [-0.15, -0.1) is 0 Å². The van der Waals surface area contributed by atoms with Gasteiger partial charge in [-0.3, -0.25) is 0 Å². The normalized spacial score (nSPS) is 12.6. The molecule has 0 bridgehead atoms. The molecule has 1 N–H and O–H groups in total. The van der Waals surface area contributed by atoms with Crippen molar-refractivity contribution in [3.8, 4) is 0 Å². The summed E-state index contributed by atoms with van der Waals surface area (Å²) in [5.74, 6) is -3.21. The van der Waals surface area contributed by atoms with Crippen LogP contribution in [-0.2, 0) is 9.84 Å². The van der Waals surface area contributed by atoms with Crippen LogP contribution in [0.5, 0.6) is 0 Å². The Morgan fingerprint density at radius 2 is 1.72 bits per heavy atom. The molecule has 0 saturated carbocycles. The molecule has 1 atom stereocenters. The van der Waals surface area contributed by atoms with Crippen LogP contribution in [0.3, 0.4) is 0 Å². The zero-order chi connectivity index (χ0) is 21.3. The van der Waals surface area contributed by atoms with E-state index in [9.17, 15) is 27.1 Å². The highest BCUT2D eigenvalue weighted by atomic mass is 79.9. The first kappa shape index (κ1) is 21.4. The summed E-state index contributed by atoms with van der Waals surface area (Å²) in [5, 5.41) is 7.77. The minimum Gasteiger partial charge on any atom is -0.477 e. The summed E-state index contributed by atoms with van der Waals surface area (Å²) in [6.45, 7) is 0. The van der Waals surface area contributed by atoms with Gasteiger partial charge in [0.1, 0.15) is 22.6 Å². The number of pyridine rings is 1. The summed E-state index contributed by atoms with van der Waals surface area (Å²) in [4.78, 5) is 14.8. The quantitative estimate of drug-likeness (QED) is 0.529. The van der Waals surface area contributed by atoms with E-state index in [1.165, 1.54) is 24.3 Å². The predicted octanol–water partition coefficient (Wildman–Crippen LogP) is 5.04. The number of aromatic nitrogens is 1. The van der Waals surface area contributed by atoms with E-state index >= 15 is 0 Å². The van der Waals surface area contributed by atoms with E-state index < -0.39 is 43.9 Å². The Morgan fingerprint density at radius 3 is 2.34 bits per heavy atom. The zero-order valence-corrected chi connectivity index (χ0v) is 17.5. The number of aromatic carboxylic acids is 1.